The minimum atomic E-state index is 0.662. The first-order valence-corrected chi connectivity index (χ1v) is 15.0. The molecule has 1 aliphatic heterocycles. The van der Waals surface area contributed by atoms with Gasteiger partial charge in [0.05, 0.1) is 0 Å². The molecule has 1 N–H and O–H groups in total. The van der Waals surface area contributed by atoms with E-state index >= 15 is 0 Å². The van der Waals surface area contributed by atoms with Gasteiger partial charge in [0, 0.05) is 44.3 Å². The number of hydrogen-bond donors (Lipinski definition) is 1. The predicted octanol–water partition coefficient (Wildman–Crippen LogP) is 7.21. The Kier molecular flexibility index (Phi) is 13.9. The molecule has 0 aromatic carbocycles. The molecule has 0 aromatic heterocycles. The molecule has 1 unspecified atom stereocenters. The third-order valence-electron chi connectivity index (χ3n) is 9.19. The molecular weight excluding hydrogens is 402 g/mol. The number of piperazine rings is 1. The summed E-state index contributed by atoms with van der Waals surface area (Å²) < 4.78 is 0. The van der Waals surface area contributed by atoms with Crippen LogP contribution in [-0.4, -0.2) is 60.6 Å². The molecule has 2 atom stereocenters. The van der Waals surface area contributed by atoms with Crippen molar-refractivity contribution in [2.45, 2.75) is 137 Å². The molecule has 0 radical (unpaired) electrons. The van der Waals surface area contributed by atoms with Crippen molar-refractivity contribution >= 4 is 0 Å². The predicted molar refractivity (Wildman–Crippen MR) is 147 cm³/mol. The van der Waals surface area contributed by atoms with E-state index in [4.69, 9.17) is 0 Å². The zero-order valence-electron chi connectivity index (χ0n) is 23.7. The van der Waals surface area contributed by atoms with Crippen LogP contribution in [0.25, 0.3) is 0 Å². The van der Waals surface area contributed by atoms with Gasteiger partial charge in [-0.15, -0.1) is 0 Å². The fourth-order valence-electron chi connectivity index (χ4n) is 6.52. The summed E-state index contributed by atoms with van der Waals surface area (Å²) in [6.07, 6.45) is 15.9. The first kappa shape index (κ1) is 29.1. The van der Waals surface area contributed by atoms with Gasteiger partial charge in [-0.2, -0.15) is 0 Å². The molecule has 0 amide bonds. The lowest BCUT2D eigenvalue weighted by Gasteiger charge is -2.41. The van der Waals surface area contributed by atoms with Crippen LogP contribution < -0.4 is 5.32 Å². The lowest BCUT2D eigenvalue weighted by molar-refractivity contribution is 0.0996. The van der Waals surface area contributed by atoms with Crippen LogP contribution in [0.1, 0.15) is 119 Å². The number of nitrogens with one attached hydrogen (secondary N) is 1. The van der Waals surface area contributed by atoms with Gasteiger partial charge in [-0.05, 0) is 90.0 Å². The number of nitrogens with zero attached hydrogens (tertiary/aromatic N) is 2. The van der Waals surface area contributed by atoms with Crippen molar-refractivity contribution in [3.8, 4) is 0 Å². The van der Waals surface area contributed by atoms with Crippen molar-refractivity contribution in [2.24, 2.45) is 23.7 Å². The van der Waals surface area contributed by atoms with Crippen LogP contribution in [0.5, 0.6) is 0 Å². The fourth-order valence-corrected chi connectivity index (χ4v) is 6.52. The number of hydrogen-bond acceptors (Lipinski definition) is 3. The van der Waals surface area contributed by atoms with Crippen molar-refractivity contribution in [2.75, 3.05) is 32.7 Å². The van der Waals surface area contributed by atoms with E-state index in [1.165, 1.54) is 103 Å². The average molecular weight is 464 g/mol. The minimum absolute atomic E-state index is 0.662. The maximum absolute atomic E-state index is 3.58. The van der Waals surface area contributed by atoms with Gasteiger partial charge in [-0.1, -0.05) is 59.3 Å². The van der Waals surface area contributed by atoms with E-state index in [1.54, 1.807) is 0 Å². The molecule has 2 saturated carbocycles. The van der Waals surface area contributed by atoms with Gasteiger partial charge in [0.25, 0.3) is 0 Å². The zero-order chi connectivity index (χ0) is 24.2. The Balaban J connectivity index is 0.000000238. The van der Waals surface area contributed by atoms with E-state index in [0.717, 1.165) is 29.7 Å². The van der Waals surface area contributed by atoms with E-state index in [9.17, 15) is 0 Å². The Hall–Kier alpha value is -0.120. The van der Waals surface area contributed by atoms with Crippen LogP contribution in [0.15, 0.2) is 0 Å². The second-order valence-electron chi connectivity index (χ2n) is 12.4. The molecule has 0 spiro atoms. The molecule has 33 heavy (non-hydrogen) atoms. The third-order valence-corrected chi connectivity index (χ3v) is 9.19. The minimum Gasteiger partial charge on any atom is -0.311 e. The standard InChI is InChI=1S/C16H32N2.C14H29N/c1-4-5-15-6-8-16(9-7-15)12-18-11-10-17-13(2)14(18)3;1-5-10-15(12(2)3)11-14-8-6-13(4)7-9-14/h13-17H,4-12H2,1-3H3;12-14H,5-11H2,1-4H3/t13-,14?,15?,16?;/m1./s1. The highest BCUT2D eigenvalue weighted by molar-refractivity contribution is 4.85. The maximum atomic E-state index is 3.58. The lowest BCUT2D eigenvalue weighted by Crippen LogP contribution is -2.56. The van der Waals surface area contributed by atoms with E-state index < -0.39 is 0 Å². The summed E-state index contributed by atoms with van der Waals surface area (Å²) in [6, 6.07) is 2.10. The molecule has 0 bridgehead atoms. The topological polar surface area (TPSA) is 18.5 Å². The van der Waals surface area contributed by atoms with Crippen LogP contribution in [0.3, 0.4) is 0 Å². The van der Waals surface area contributed by atoms with Crippen LogP contribution >= 0.6 is 0 Å². The first-order valence-electron chi connectivity index (χ1n) is 15.0. The van der Waals surface area contributed by atoms with E-state index in [1.807, 2.05) is 0 Å². The third kappa shape index (κ3) is 10.6. The Bertz CT molecular complexity index is 477. The summed E-state index contributed by atoms with van der Waals surface area (Å²) in [6.45, 7) is 22.8. The van der Waals surface area contributed by atoms with Crippen LogP contribution in [0, 0.1) is 23.7 Å². The summed E-state index contributed by atoms with van der Waals surface area (Å²) >= 11 is 0. The van der Waals surface area contributed by atoms with Gasteiger partial charge >= 0.3 is 0 Å². The summed E-state index contributed by atoms with van der Waals surface area (Å²) in [5.74, 6) is 3.99. The monoisotopic (exact) mass is 463 g/mol. The summed E-state index contributed by atoms with van der Waals surface area (Å²) in [5, 5.41) is 3.58. The largest absolute Gasteiger partial charge is 0.311 e. The van der Waals surface area contributed by atoms with Crippen molar-refractivity contribution in [3.63, 3.8) is 0 Å². The Morgan fingerprint density at radius 2 is 1.42 bits per heavy atom. The molecule has 1 heterocycles. The van der Waals surface area contributed by atoms with Crippen molar-refractivity contribution in [3.05, 3.63) is 0 Å². The molecule has 3 rings (SSSR count). The van der Waals surface area contributed by atoms with Gasteiger partial charge in [0.2, 0.25) is 0 Å². The van der Waals surface area contributed by atoms with E-state index in [0.29, 0.717) is 12.1 Å². The highest BCUT2D eigenvalue weighted by atomic mass is 15.2. The molecule has 2 aliphatic carbocycles. The second kappa shape index (κ2) is 15.8. The molecule has 1 saturated heterocycles. The average Bonchev–Trinajstić information content (AvgIpc) is 2.80. The highest BCUT2D eigenvalue weighted by Gasteiger charge is 2.28. The normalized spacial score (nSPS) is 33.7. The van der Waals surface area contributed by atoms with Crippen molar-refractivity contribution in [1.29, 1.82) is 0 Å². The molecule has 3 aliphatic rings. The Morgan fingerprint density at radius 3 is 2.00 bits per heavy atom. The molecule has 3 heteroatoms. The Morgan fingerprint density at radius 1 is 0.818 bits per heavy atom. The van der Waals surface area contributed by atoms with Gasteiger partial charge in [-0.3, -0.25) is 4.90 Å². The van der Waals surface area contributed by atoms with Crippen molar-refractivity contribution < 1.29 is 0 Å². The van der Waals surface area contributed by atoms with Gasteiger partial charge < -0.3 is 10.2 Å². The van der Waals surface area contributed by atoms with Crippen LogP contribution in [-0.2, 0) is 0 Å². The first-order chi connectivity index (χ1) is 15.8. The highest BCUT2D eigenvalue weighted by Crippen LogP contribution is 2.32. The number of rotatable bonds is 9. The Labute approximate surface area is 208 Å². The van der Waals surface area contributed by atoms with Crippen LogP contribution in [0.2, 0.25) is 0 Å². The molecule has 3 fully saturated rings. The SMILES string of the molecule is CCCC1CCC(CN2CCN[C@H](C)C2C)CC1.CCCN(CC1CCC(C)CC1)C(C)C. The molecule has 0 aromatic rings. The summed E-state index contributed by atoms with van der Waals surface area (Å²) in [4.78, 5) is 5.40. The maximum Gasteiger partial charge on any atom is 0.0219 e. The second-order valence-corrected chi connectivity index (χ2v) is 12.4. The van der Waals surface area contributed by atoms with E-state index in [2.05, 4.69) is 63.6 Å². The molecule has 3 nitrogen and oxygen atoms in total. The summed E-state index contributed by atoms with van der Waals surface area (Å²) in [5.41, 5.74) is 0. The van der Waals surface area contributed by atoms with Crippen LogP contribution in [0.4, 0.5) is 0 Å². The summed E-state index contributed by atoms with van der Waals surface area (Å²) in [7, 11) is 0. The van der Waals surface area contributed by atoms with Gasteiger partial charge in [0.1, 0.15) is 0 Å². The van der Waals surface area contributed by atoms with Crippen molar-refractivity contribution in [1.82, 2.24) is 15.1 Å². The van der Waals surface area contributed by atoms with Gasteiger partial charge in [-0.25, -0.2) is 0 Å². The van der Waals surface area contributed by atoms with Gasteiger partial charge in [0.15, 0.2) is 0 Å². The lowest BCUT2D eigenvalue weighted by atomic mass is 9.79. The molecule has 196 valence electrons. The smallest absolute Gasteiger partial charge is 0.0219 e. The fraction of sp³-hybridized carbons (Fsp3) is 1.00. The molecular formula is C30H61N3. The quantitative estimate of drug-likeness (QED) is 0.390. The zero-order valence-corrected chi connectivity index (χ0v) is 23.7. The van der Waals surface area contributed by atoms with E-state index in [-0.39, 0.29) is 0 Å².